The Labute approximate surface area is 206 Å². The molecule has 184 valence electrons. The van der Waals surface area contributed by atoms with Gasteiger partial charge in [-0.25, -0.2) is 13.2 Å². The number of hydrogen-bond donors (Lipinski definition) is 1. The van der Waals surface area contributed by atoms with Crippen LogP contribution in [0.4, 0.5) is 0 Å². The Morgan fingerprint density at radius 3 is 2.49 bits per heavy atom. The number of aliphatic carboxylic acids is 1. The summed E-state index contributed by atoms with van der Waals surface area (Å²) in [4.78, 5) is 12.1. The number of rotatable bonds is 7. The molecule has 1 heterocycles. The van der Waals surface area contributed by atoms with E-state index in [4.69, 9.17) is 4.74 Å². The Hall–Kier alpha value is -3.57. The number of carboxylic acid groups (broad SMARTS) is 1. The zero-order chi connectivity index (χ0) is 25.8. The van der Waals surface area contributed by atoms with Crippen molar-refractivity contribution in [3.8, 4) is 28.7 Å². The topological polar surface area (TPSA) is 98.5 Å². The molecule has 0 aliphatic heterocycles. The number of carbonyl (C=O) groups is 1. The van der Waals surface area contributed by atoms with Crippen molar-refractivity contribution in [2.75, 3.05) is 5.75 Å². The Morgan fingerprint density at radius 2 is 1.89 bits per heavy atom. The SMILES string of the molecule is CCCS(=O)(=O)c1cccc(C#Cc2cc(-c3cnn(C)c3)ccc2OC(C(=O)O)C(C)(C)C)c1. The van der Waals surface area contributed by atoms with Gasteiger partial charge in [-0.3, -0.25) is 4.68 Å². The molecule has 1 N–H and O–H groups in total. The summed E-state index contributed by atoms with van der Waals surface area (Å²) in [5.74, 6) is 5.42. The lowest BCUT2D eigenvalue weighted by molar-refractivity contribution is -0.150. The summed E-state index contributed by atoms with van der Waals surface area (Å²) in [6, 6.07) is 11.9. The molecule has 7 nitrogen and oxygen atoms in total. The second kappa shape index (κ2) is 10.4. The Morgan fingerprint density at radius 1 is 1.14 bits per heavy atom. The van der Waals surface area contributed by atoms with E-state index >= 15 is 0 Å². The van der Waals surface area contributed by atoms with Gasteiger partial charge in [-0.15, -0.1) is 0 Å². The van der Waals surface area contributed by atoms with Crippen LogP contribution in [-0.4, -0.2) is 41.1 Å². The van der Waals surface area contributed by atoms with Crippen LogP contribution >= 0.6 is 0 Å². The normalized spacial score (nSPS) is 12.5. The van der Waals surface area contributed by atoms with Crippen LogP contribution in [0.25, 0.3) is 11.1 Å². The van der Waals surface area contributed by atoms with E-state index in [9.17, 15) is 18.3 Å². The molecule has 3 aromatic rings. The fraction of sp³-hybridized carbons (Fsp3) is 0.333. The maximum atomic E-state index is 12.5. The second-order valence-corrected chi connectivity index (χ2v) is 11.5. The summed E-state index contributed by atoms with van der Waals surface area (Å²) < 4.78 is 32.6. The van der Waals surface area contributed by atoms with Crippen molar-refractivity contribution in [1.29, 1.82) is 0 Å². The molecule has 0 bridgehead atoms. The van der Waals surface area contributed by atoms with Crippen LogP contribution in [0, 0.1) is 17.3 Å². The molecule has 0 aliphatic rings. The molecule has 8 heteroatoms. The third kappa shape index (κ3) is 6.52. The fourth-order valence-electron chi connectivity index (χ4n) is 3.50. The van der Waals surface area contributed by atoms with E-state index in [1.807, 2.05) is 32.3 Å². The molecule has 35 heavy (non-hydrogen) atoms. The molecule has 0 spiro atoms. The second-order valence-electron chi connectivity index (χ2n) is 9.41. The number of benzene rings is 2. The van der Waals surface area contributed by atoms with Crippen LogP contribution in [0.1, 0.15) is 45.2 Å². The molecule has 3 rings (SSSR count). The number of aryl methyl sites for hydroxylation is 1. The van der Waals surface area contributed by atoms with E-state index in [0.717, 1.165) is 11.1 Å². The van der Waals surface area contributed by atoms with Gasteiger partial charge >= 0.3 is 5.97 Å². The zero-order valence-corrected chi connectivity index (χ0v) is 21.4. The van der Waals surface area contributed by atoms with Crippen molar-refractivity contribution < 1.29 is 23.1 Å². The summed E-state index contributed by atoms with van der Waals surface area (Å²) in [6.45, 7) is 7.20. The van der Waals surface area contributed by atoms with Crippen molar-refractivity contribution in [2.24, 2.45) is 12.5 Å². The van der Waals surface area contributed by atoms with Crippen molar-refractivity contribution in [3.63, 3.8) is 0 Å². The summed E-state index contributed by atoms with van der Waals surface area (Å²) in [7, 11) is -1.55. The number of carboxylic acids is 1. The van der Waals surface area contributed by atoms with E-state index in [-0.39, 0.29) is 10.6 Å². The van der Waals surface area contributed by atoms with Gasteiger partial charge < -0.3 is 9.84 Å². The summed E-state index contributed by atoms with van der Waals surface area (Å²) >= 11 is 0. The van der Waals surface area contributed by atoms with Gasteiger partial charge in [0.05, 0.1) is 22.4 Å². The number of sulfone groups is 1. The quantitative estimate of drug-likeness (QED) is 0.484. The van der Waals surface area contributed by atoms with Gasteiger partial charge in [0.2, 0.25) is 0 Å². The van der Waals surface area contributed by atoms with Crippen LogP contribution in [0.2, 0.25) is 0 Å². The largest absolute Gasteiger partial charge is 0.478 e. The van der Waals surface area contributed by atoms with Crippen LogP contribution in [-0.2, 0) is 21.7 Å². The number of hydrogen-bond acceptors (Lipinski definition) is 5. The lowest BCUT2D eigenvalue weighted by Gasteiger charge is -2.28. The van der Waals surface area contributed by atoms with E-state index in [1.165, 1.54) is 0 Å². The van der Waals surface area contributed by atoms with E-state index < -0.39 is 27.3 Å². The highest BCUT2D eigenvalue weighted by Gasteiger charge is 2.34. The van der Waals surface area contributed by atoms with E-state index in [1.54, 1.807) is 62.0 Å². The standard InChI is InChI=1S/C27H30N2O5S/c1-6-14-35(32,33)23-9-7-8-19(15-23)10-11-21-16-20(22-17-28-29(5)18-22)12-13-24(21)34-25(26(30)31)27(2,3)4/h7-9,12-13,15-18,25H,6,14H2,1-5H3,(H,30,31). The van der Waals surface area contributed by atoms with Crippen LogP contribution in [0.5, 0.6) is 5.75 Å². The lowest BCUT2D eigenvalue weighted by atomic mass is 9.89. The maximum Gasteiger partial charge on any atom is 0.345 e. The minimum Gasteiger partial charge on any atom is -0.478 e. The molecule has 0 fully saturated rings. The molecule has 0 amide bonds. The third-order valence-corrected chi connectivity index (χ3v) is 7.20. The van der Waals surface area contributed by atoms with Gasteiger partial charge in [0.25, 0.3) is 0 Å². The summed E-state index contributed by atoms with van der Waals surface area (Å²) in [5.41, 5.74) is 2.09. The first-order valence-electron chi connectivity index (χ1n) is 11.3. The average molecular weight is 495 g/mol. The van der Waals surface area contributed by atoms with E-state index in [0.29, 0.717) is 23.3 Å². The van der Waals surface area contributed by atoms with Crippen molar-refractivity contribution in [3.05, 3.63) is 66.0 Å². The molecular weight excluding hydrogens is 464 g/mol. The lowest BCUT2D eigenvalue weighted by Crippen LogP contribution is -2.39. The van der Waals surface area contributed by atoms with Gasteiger partial charge in [-0.1, -0.05) is 51.7 Å². The Bertz CT molecular complexity index is 1390. The minimum atomic E-state index is -3.37. The van der Waals surface area contributed by atoms with Gasteiger partial charge in [-0.2, -0.15) is 5.10 Å². The van der Waals surface area contributed by atoms with Crippen LogP contribution in [0.3, 0.4) is 0 Å². The smallest absolute Gasteiger partial charge is 0.345 e. The molecular formula is C27H30N2O5S. The number of aromatic nitrogens is 2. The first-order valence-corrected chi connectivity index (χ1v) is 12.9. The van der Waals surface area contributed by atoms with Gasteiger partial charge in [0.1, 0.15) is 5.75 Å². The molecule has 1 aromatic heterocycles. The number of ether oxygens (including phenoxy) is 1. The van der Waals surface area contributed by atoms with Gasteiger partial charge in [0, 0.05) is 29.8 Å². The van der Waals surface area contributed by atoms with E-state index in [2.05, 4.69) is 16.9 Å². The predicted molar refractivity (Wildman–Crippen MR) is 135 cm³/mol. The highest BCUT2D eigenvalue weighted by atomic mass is 32.2. The Kier molecular flexibility index (Phi) is 7.71. The maximum absolute atomic E-state index is 12.5. The molecule has 1 unspecified atom stereocenters. The fourth-order valence-corrected chi connectivity index (χ4v) is 4.86. The molecule has 2 aromatic carbocycles. The molecule has 0 aliphatic carbocycles. The van der Waals surface area contributed by atoms with Crippen LogP contribution < -0.4 is 4.74 Å². The van der Waals surface area contributed by atoms with Crippen molar-refractivity contribution in [1.82, 2.24) is 9.78 Å². The molecule has 0 saturated carbocycles. The molecule has 0 radical (unpaired) electrons. The summed E-state index contributed by atoms with van der Waals surface area (Å²) in [5, 5.41) is 13.9. The average Bonchev–Trinajstić information content (AvgIpc) is 3.22. The first kappa shape index (κ1) is 26.0. The van der Waals surface area contributed by atoms with Crippen LogP contribution in [0.15, 0.2) is 59.8 Å². The zero-order valence-electron chi connectivity index (χ0n) is 20.6. The number of nitrogens with zero attached hydrogens (tertiary/aromatic N) is 2. The Balaban J connectivity index is 2.07. The minimum absolute atomic E-state index is 0.0679. The predicted octanol–water partition coefficient (Wildman–Crippen LogP) is 4.55. The monoisotopic (exact) mass is 494 g/mol. The van der Waals surface area contributed by atoms with Crippen molar-refractivity contribution >= 4 is 15.8 Å². The summed E-state index contributed by atoms with van der Waals surface area (Å²) in [6.07, 6.45) is 3.03. The first-order chi connectivity index (χ1) is 16.4. The highest BCUT2D eigenvalue weighted by molar-refractivity contribution is 7.91. The van der Waals surface area contributed by atoms with Gasteiger partial charge in [-0.05, 0) is 42.3 Å². The molecule has 1 atom stereocenters. The van der Waals surface area contributed by atoms with Gasteiger partial charge in [0.15, 0.2) is 15.9 Å². The highest BCUT2D eigenvalue weighted by Crippen LogP contribution is 2.30. The van der Waals surface area contributed by atoms with Crippen molar-refractivity contribution in [2.45, 2.75) is 45.1 Å². The molecule has 0 saturated heterocycles. The third-order valence-electron chi connectivity index (χ3n) is 5.28.